The van der Waals surface area contributed by atoms with E-state index in [4.69, 9.17) is 7.85 Å². The monoisotopic (exact) mass is 190 g/mol. The smallest absolute Gasteiger partial charge is 0.338 e. The molecule has 1 rings (SSSR count). The van der Waals surface area contributed by atoms with E-state index in [-0.39, 0.29) is 11.0 Å². The van der Waals surface area contributed by atoms with Crippen LogP contribution in [0.2, 0.25) is 0 Å². The van der Waals surface area contributed by atoms with Gasteiger partial charge in [0.2, 0.25) is 0 Å². The van der Waals surface area contributed by atoms with Crippen molar-refractivity contribution < 1.29 is 13.9 Å². The number of halogens is 1. The molecule has 0 heterocycles. The third kappa shape index (κ3) is 1.84. The molecule has 2 nitrogen and oxygen atoms in total. The van der Waals surface area contributed by atoms with Crippen LogP contribution in [0, 0.1) is 5.82 Å². The molecule has 0 atom stereocenters. The number of benzene rings is 1. The number of hydrogen-bond acceptors (Lipinski definition) is 2. The molecule has 1 aromatic carbocycles. The molecule has 1 aromatic rings. The van der Waals surface area contributed by atoms with Gasteiger partial charge in [-0.25, -0.2) is 9.18 Å². The molecule has 0 saturated carbocycles. The first-order chi connectivity index (χ1) is 6.60. The second-order valence-electron chi connectivity index (χ2n) is 2.66. The predicted octanol–water partition coefficient (Wildman–Crippen LogP) is 1.05. The van der Waals surface area contributed by atoms with Crippen molar-refractivity contribution >= 4 is 25.4 Å². The molecule has 0 bridgehead atoms. The third-order valence-electron chi connectivity index (χ3n) is 1.79. The molecule has 14 heavy (non-hydrogen) atoms. The van der Waals surface area contributed by atoms with Crippen LogP contribution in [0.25, 0.3) is 6.08 Å². The lowest BCUT2D eigenvalue weighted by Crippen LogP contribution is -2.13. The van der Waals surface area contributed by atoms with Gasteiger partial charge in [0.05, 0.1) is 12.7 Å². The molecular weight excluding hydrogens is 182 g/mol. The fourth-order valence-electron chi connectivity index (χ4n) is 1.06. The molecule has 0 unspecified atom stereocenters. The molecule has 0 aliphatic heterocycles. The summed E-state index contributed by atoms with van der Waals surface area (Å²) in [6.45, 7) is 3.49. The highest BCUT2D eigenvalue weighted by Gasteiger charge is 2.12. The van der Waals surface area contributed by atoms with E-state index in [1.165, 1.54) is 19.3 Å². The molecule has 0 aliphatic carbocycles. The van der Waals surface area contributed by atoms with Gasteiger partial charge in [-0.05, 0) is 11.6 Å². The van der Waals surface area contributed by atoms with Crippen molar-refractivity contribution in [1.82, 2.24) is 0 Å². The zero-order valence-corrected chi connectivity index (χ0v) is 7.71. The average molecular weight is 190 g/mol. The Morgan fingerprint density at radius 3 is 2.79 bits per heavy atom. The van der Waals surface area contributed by atoms with E-state index in [0.717, 1.165) is 6.07 Å². The minimum Gasteiger partial charge on any atom is -0.465 e. The van der Waals surface area contributed by atoms with Gasteiger partial charge in [0, 0.05) is 0 Å². The molecule has 2 radical (unpaired) electrons. The van der Waals surface area contributed by atoms with E-state index < -0.39 is 11.8 Å². The van der Waals surface area contributed by atoms with E-state index in [9.17, 15) is 9.18 Å². The Hall–Kier alpha value is -1.58. The van der Waals surface area contributed by atoms with Crippen molar-refractivity contribution in [3.05, 3.63) is 35.7 Å². The summed E-state index contributed by atoms with van der Waals surface area (Å²) in [7, 11) is 6.56. The van der Waals surface area contributed by atoms with Crippen molar-refractivity contribution in [2.45, 2.75) is 0 Å². The highest BCUT2D eigenvalue weighted by Crippen LogP contribution is 2.11. The van der Waals surface area contributed by atoms with E-state index in [2.05, 4.69) is 11.3 Å². The summed E-state index contributed by atoms with van der Waals surface area (Å²) in [6, 6.07) is 2.38. The number of rotatable bonds is 2. The van der Waals surface area contributed by atoms with Crippen LogP contribution in [0.15, 0.2) is 18.7 Å². The van der Waals surface area contributed by atoms with Crippen molar-refractivity contribution in [2.24, 2.45) is 0 Å². The Bertz CT molecular complexity index is 388. The number of esters is 1. The van der Waals surface area contributed by atoms with E-state index in [0.29, 0.717) is 5.56 Å². The normalized spacial score (nSPS) is 9.57. The molecule has 0 amide bonds. The molecule has 0 aromatic heterocycles. The van der Waals surface area contributed by atoms with E-state index >= 15 is 0 Å². The summed E-state index contributed by atoms with van der Waals surface area (Å²) in [5.74, 6) is -1.25. The van der Waals surface area contributed by atoms with Crippen LogP contribution < -0.4 is 5.46 Å². The summed E-state index contributed by atoms with van der Waals surface area (Å²) >= 11 is 0. The zero-order valence-electron chi connectivity index (χ0n) is 7.71. The zero-order chi connectivity index (χ0) is 10.7. The Kier molecular flexibility index (Phi) is 3.07. The van der Waals surface area contributed by atoms with Gasteiger partial charge in [-0.1, -0.05) is 24.2 Å². The third-order valence-corrected chi connectivity index (χ3v) is 1.79. The largest absolute Gasteiger partial charge is 0.465 e. The lowest BCUT2D eigenvalue weighted by Gasteiger charge is -2.06. The van der Waals surface area contributed by atoms with Crippen LogP contribution in [-0.2, 0) is 4.74 Å². The Balaban J connectivity index is 3.34. The number of carbonyl (C=O) groups excluding carboxylic acids is 1. The number of carbonyl (C=O) groups is 1. The standard InChI is InChI=1S/C10H8BFO2/c1-3-6-4-8(11)9(12)5-7(6)10(13)14-2/h3-5H,1H2,2H3. The summed E-state index contributed by atoms with van der Waals surface area (Å²) in [6.07, 6.45) is 1.42. The maximum atomic E-state index is 13.0. The van der Waals surface area contributed by atoms with E-state index in [1.807, 2.05) is 0 Å². The van der Waals surface area contributed by atoms with Crippen LogP contribution in [0.1, 0.15) is 15.9 Å². The van der Waals surface area contributed by atoms with Crippen molar-refractivity contribution in [1.29, 1.82) is 0 Å². The molecule has 70 valence electrons. The lowest BCUT2D eigenvalue weighted by atomic mass is 9.91. The van der Waals surface area contributed by atoms with Crippen molar-refractivity contribution in [2.75, 3.05) is 7.11 Å². The number of hydrogen-bond donors (Lipinski definition) is 0. The topological polar surface area (TPSA) is 26.3 Å². The molecule has 0 N–H and O–H groups in total. The van der Waals surface area contributed by atoms with Crippen LogP contribution >= 0.6 is 0 Å². The average Bonchev–Trinajstić information content (AvgIpc) is 2.20. The second kappa shape index (κ2) is 4.09. The molecule has 4 heteroatoms. The van der Waals surface area contributed by atoms with Gasteiger partial charge >= 0.3 is 5.97 Å². The highest BCUT2D eigenvalue weighted by atomic mass is 19.1. The molecule has 0 aliphatic rings. The highest BCUT2D eigenvalue weighted by molar-refractivity contribution is 6.32. The SMILES string of the molecule is [B]c1cc(C=C)c(C(=O)OC)cc1F. The van der Waals surface area contributed by atoms with Gasteiger partial charge in [0.15, 0.2) is 0 Å². The van der Waals surface area contributed by atoms with Gasteiger partial charge < -0.3 is 4.74 Å². The second-order valence-corrected chi connectivity index (χ2v) is 2.66. The first kappa shape index (κ1) is 10.5. The fraction of sp³-hybridized carbons (Fsp3) is 0.100. The van der Waals surface area contributed by atoms with Crippen LogP contribution in [-0.4, -0.2) is 20.9 Å². The first-order valence-corrected chi connectivity index (χ1v) is 3.90. The van der Waals surface area contributed by atoms with Gasteiger partial charge in [-0.2, -0.15) is 0 Å². The summed E-state index contributed by atoms with van der Waals surface area (Å²) in [4.78, 5) is 11.2. The summed E-state index contributed by atoms with van der Waals surface area (Å²) < 4.78 is 17.5. The maximum Gasteiger partial charge on any atom is 0.338 e. The number of ether oxygens (including phenoxy) is 1. The molecule has 0 saturated heterocycles. The van der Waals surface area contributed by atoms with Gasteiger partial charge in [0.25, 0.3) is 0 Å². The Labute approximate surface area is 82.8 Å². The van der Waals surface area contributed by atoms with Crippen LogP contribution in [0.3, 0.4) is 0 Å². The van der Waals surface area contributed by atoms with Crippen molar-refractivity contribution in [3.63, 3.8) is 0 Å². The minimum absolute atomic E-state index is 0.0208. The molecule has 0 spiro atoms. The predicted molar refractivity (Wildman–Crippen MR) is 53.2 cm³/mol. The molecule has 0 fully saturated rings. The molecular formula is C10H8BFO2. The van der Waals surface area contributed by atoms with E-state index in [1.54, 1.807) is 0 Å². The summed E-state index contributed by atoms with van der Waals surface area (Å²) in [5.41, 5.74) is 0.553. The van der Waals surface area contributed by atoms with Crippen LogP contribution in [0.5, 0.6) is 0 Å². The van der Waals surface area contributed by atoms with Gasteiger partial charge in [0.1, 0.15) is 13.7 Å². The van der Waals surface area contributed by atoms with Crippen molar-refractivity contribution in [3.8, 4) is 0 Å². The Morgan fingerprint density at radius 2 is 2.29 bits per heavy atom. The summed E-state index contributed by atoms with van der Waals surface area (Å²) in [5, 5.41) is 0. The minimum atomic E-state index is -0.643. The lowest BCUT2D eigenvalue weighted by molar-refractivity contribution is 0.0600. The first-order valence-electron chi connectivity index (χ1n) is 3.90. The van der Waals surface area contributed by atoms with Gasteiger partial charge in [-0.15, -0.1) is 0 Å². The Morgan fingerprint density at radius 1 is 1.64 bits per heavy atom. The maximum absolute atomic E-state index is 13.0. The quantitative estimate of drug-likeness (QED) is 0.514. The van der Waals surface area contributed by atoms with Crippen LogP contribution in [0.4, 0.5) is 4.39 Å². The number of methoxy groups -OCH3 is 1. The van der Waals surface area contributed by atoms with Gasteiger partial charge in [-0.3, -0.25) is 0 Å². The fourth-order valence-corrected chi connectivity index (χ4v) is 1.06.